The van der Waals surface area contributed by atoms with Gasteiger partial charge in [0.2, 0.25) is 5.91 Å². The van der Waals surface area contributed by atoms with Crippen LogP contribution < -0.4 is 10.2 Å². The van der Waals surface area contributed by atoms with Crippen LogP contribution in [-0.4, -0.2) is 30.5 Å². The highest BCUT2D eigenvalue weighted by Gasteiger charge is 2.31. The van der Waals surface area contributed by atoms with Crippen LogP contribution in [0.3, 0.4) is 0 Å². The van der Waals surface area contributed by atoms with E-state index >= 15 is 0 Å². The summed E-state index contributed by atoms with van der Waals surface area (Å²) >= 11 is 0. The lowest BCUT2D eigenvalue weighted by atomic mass is 9.98. The number of hydrogen-bond acceptors (Lipinski definition) is 2. The molecule has 2 N–H and O–H groups in total. The second-order valence-corrected chi connectivity index (χ2v) is 4.44. The second kappa shape index (κ2) is 4.70. The van der Waals surface area contributed by atoms with Gasteiger partial charge in [0.25, 0.3) is 0 Å². The van der Waals surface area contributed by atoms with Crippen molar-refractivity contribution in [1.82, 2.24) is 10.3 Å². The van der Waals surface area contributed by atoms with Crippen molar-refractivity contribution in [3.8, 4) is 0 Å². The molecule has 0 radical (unpaired) electrons. The van der Waals surface area contributed by atoms with Crippen molar-refractivity contribution in [2.75, 3.05) is 18.5 Å². The molecule has 0 bridgehead atoms. The Labute approximate surface area is 96.0 Å². The minimum atomic E-state index is -0.0580. The van der Waals surface area contributed by atoms with Gasteiger partial charge >= 0.3 is 0 Å². The average molecular weight is 221 g/mol. The third kappa shape index (κ3) is 1.97. The molecule has 2 heterocycles. The summed E-state index contributed by atoms with van der Waals surface area (Å²) in [6, 6.07) is 1.89. The number of amides is 1. The molecule has 16 heavy (non-hydrogen) atoms. The van der Waals surface area contributed by atoms with Gasteiger partial charge in [0.1, 0.15) is 0 Å². The minimum Gasteiger partial charge on any atom is -0.366 e. The van der Waals surface area contributed by atoms with E-state index in [4.69, 9.17) is 0 Å². The molecular formula is C12H19N3O. The molecule has 88 valence electrons. The maximum absolute atomic E-state index is 12.3. The van der Waals surface area contributed by atoms with E-state index in [1.54, 1.807) is 0 Å². The number of aromatic nitrogens is 1. The molecule has 2 rings (SSSR count). The molecule has 4 heteroatoms. The fourth-order valence-electron chi connectivity index (χ4n) is 2.41. The van der Waals surface area contributed by atoms with Crippen molar-refractivity contribution in [1.29, 1.82) is 0 Å². The number of carbonyl (C=O) groups is 1. The molecule has 1 aromatic heterocycles. The number of carbonyl (C=O) groups excluding carboxylic acids is 1. The molecular weight excluding hydrogens is 202 g/mol. The molecule has 0 aliphatic carbocycles. The molecule has 0 saturated carbocycles. The predicted octanol–water partition coefficient (Wildman–Crippen LogP) is 1.37. The van der Waals surface area contributed by atoms with Crippen LogP contribution in [-0.2, 0) is 4.79 Å². The van der Waals surface area contributed by atoms with Crippen LogP contribution in [0.1, 0.15) is 19.8 Å². The van der Waals surface area contributed by atoms with Gasteiger partial charge in [-0.1, -0.05) is 6.92 Å². The molecule has 1 aliphatic rings. The van der Waals surface area contributed by atoms with Gasteiger partial charge in [0.15, 0.2) is 0 Å². The van der Waals surface area contributed by atoms with Crippen LogP contribution in [0.25, 0.3) is 0 Å². The summed E-state index contributed by atoms with van der Waals surface area (Å²) in [5.74, 6) is 0.591. The van der Waals surface area contributed by atoms with Crippen molar-refractivity contribution in [3.05, 3.63) is 18.5 Å². The van der Waals surface area contributed by atoms with Crippen LogP contribution in [0.5, 0.6) is 0 Å². The lowest BCUT2D eigenvalue weighted by Gasteiger charge is -2.25. The Hall–Kier alpha value is -1.29. The van der Waals surface area contributed by atoms with Crippen LogP contribution in [0.4, 0.5) is 5.69 Å². The first kappa shape index (κ1) is 11.2. The fourth-order valence-corrected chi connectivity index (χ4v) is 2.41. The Bertz CT molecular complexity index is 347. The first-order valence-corrected chi connectivity index (χ1v) is 5.85. The van der Waals surface area contributed by atoms with Crippen molar-refractivity contribution in [2.45, 2.75) is 25.8 Å². The maximum Gasteiger partial charge on any atom is 0.244 e. The highest BCUT2D eigenvalue weighted by atomic mass is 16.2. The summed E-state index contributed by atoms with van der Waals surface area (Å²) in [6.07, 6.45) is 5.89. The van der Waals surface area contributed by atoms with E-state index in [2.05, 4.69) is 17.2 Å². The van der Waals surface area contributed by atoms with E-state index < -0.39 is 0 Å². The highest BCUT2D eigenvalue weighted by Crippen LogP contribution is 2.23. The van der Waals surface area contributed by atoms with E-state index in [0.717, 1.165) is 25.1 Å². The van der Waals surface area contributed by atoms with Gasteiger partial charge in [-0.2, -0.15) is 0 Å². The first-order chi connectivity index (χ1) is 7.74. The van der Waals surface area contributed by atoms with E-state index in [-0.39, 0.29) is 11.9 Å². The molecule has 1 saturated heterocycles. The van der Waals surface area contributed by atoms with E-state index in [1.807, 2.05) is 30.4 Å². The molecule has 1 fully saturated rings. The average Bonchev–Trinajstić information content (AvgIpc) is 2.74. The van der Waals surface area contributed by atoms with Gasteiger partial charge in [-0.3, -0.25) is 4.79 Å². The van der Waals surface area contributed by atoms with Gasteiger partial charge in [-0.15, -0.1) is 0 Å². The zero-order valence-corrected chi connectivity index (χ0v) is 9.86. The SMILES string of the molecule is CNC1C(=O)N(c2cc[nH]c2)CCCC1C. The van der Waals surface area contributed by atoms with Crippen molar-refractivity contribution in [3.63, 3.8) is 0 Å². The highest BCUT2D eigenvalue weighted by molar-refractivity contribution is 5.97. The Morgan fingerprint density at radius 2 is 2.38 bits per heavy atom. The topological polar surface area (TPSA) is 48.1 Å². The summed E-state index contributed by atoms with van der Waals surface area (Å²) in [7, 11) is 1.86. The summed E-state index contributed by atoms with van der Waals surface area (Å²) in [5.41, 5.74) is 0.972. The number of likely N-dealkylation sites (N-methyl/N-ethyl adjacent to an activating group) is 1. The summed E-state index contributed by atoms with van der Waals surface area (Å²) in [6.45, 7) is 2.96. The zero-order valence-electron chi connectivity index (χ0n) is 9.86. The summed E-state index contributed by atoms with van der Waals surface area (Å²) in [5, 5.41) is 3.13. The van der Waals surface area contributed by atoms with Gasteiger partial charge < -0.3 is 15.2 Å². The molecule has 4 nitrogen and oxygen atoms in total. The van der Waals surface area contributed by atoms with E-state index in [9.17, 15) is 4.79 Å². The Balaban J connectivity index is 2.23. The predicted molar refractivity (Wildman–Crippen MR) is 64.4 cm³/mol. The number of nitrogens with one attached hydrogen (secondary N) is 2. The molecule has 2 unspecified atom stereocenters. The lowest BCUT2D eigenvalue weighted by molar-refractivity contribution is -0.121. The summed E-state index contributed by atoms with van der Waals surface area (Å²) < 4.78 is 0. The second-order valence-electron chi connectivity index (χ2n) is 4.44. The Kier molecular flexibility index (Phi) is 3.29. The van der Waals surface area contributed by atoms with Crippen LogP contribution in [0.15, 0.2) is 18.5 Å². The molecule has 2 atom stereocenters. The van der Waals surface area contributed by atoms with Gasteiger partial charge in [0, 0.05) is 18.9 Å². The number of H-pyrrole nitrogens is 1. The first-order valence-electron chi connectivity index (χ1n) is 5.85. The summed E-state index contributed by atoms with van der Waals surface area (Å²) in [4.78, 5) is 17.2. The number of hydrogen-bond donors (Lipinski definition) is 2. The third-order valence-electron chi connectivity index (χ3n) is 3.35. The number of rotatable bonds is 2. The molecule has 1 amide bonds. The van der Waals surface area contributed by atoms with Gasteiger partial charge in [-0.25, -0.2) is 0 Å². The molecule has 0 aromatic carbocycles. The fraction of sp³-hybridized carbons (Fsp3) is 0.583. The quantitative estimate of drug-likeness (QED) is 0.792. The molecule has 0 spiro atoms. The number of anilines is 1. The van der Waals surface area contributed by atoms with Gasteiger partial charge in [0.05, 0.1) is 11.7 Å². The monoisotopic (exact) mass is 221 g/mol. The van der Waals surface area contributed by atoms with E-state index in [1.165, 1.54) is 0 Å². The Morgan fingerprint density at radius 3 is 3.00 bits per heavy atom. The normalized spacial score (nSPS) is 26.9. The number of nitrogens with zero attached hydrogens (tertiary/aromatic N) is 1. The van der Waals surface area contributed by atoms with Crippen LogP contribution >= 0.6 is 0 Å². The molecule has 1 aliphatic heterocycles. The maximum atomic E-state index is 12.3. The van der Waals surface area contributed by atoms with Crippen molar-refractivity contribution in [2.24, 2.45) is 5.92 Å². The molecule has 1 aromatic rings. The van der Waals surface area contributed by atoms with Crippen molar-refractivity contribution >= 4 is 11.6 Å². The van der Waals surface area contributed by atoms with Crippen LogP contribution in [0, 0.1) is 5.92 Å². The standard InChI is InChI=1S/C12H19N3O/c1-9-4-3-7-15(10-5-6-14-8-10)12(16)11(9)13-2/h5-6,8-9,11,13-14H,3-4,7H2,1-2H3. The zero-order chi connectivity index (χ0) is 11.5. The van der Waals surface area contributed by atoms with E-state index in [0.29, 0.717) is 5.92 Å². The lowest BCUT2D eigenvalue weighted by Crippen LogP contribution is -2.47. The van der Waals surface area contributed by atoms with Gasteiger partial charge in [-0.05, 0) is 31.9 Å². The smallest absolute Gasteiger partial charge is 0.244 e. The minimum absolute atomic E-state index is 0.0580. The van der Waals surface area contributed by atoms with Crippen LogP contribution in [0.2, 0.25) is 0 Å². The largest absolute Gasteiger partial charge is 0.366 e. The third-order valence-corrected chi connectivity index (χ3v) is 3.35. The number of aromatic amines is 1. The van der Waals surface area contributed by atoms with Crippen molar-refractivity contribution < 1.29 is 4.79 Å². The Morgan fingerprint density at radius 1 is 1.56 bits per heavy atom.